The van der Waals surface area contributed by atoms with Crippen molar-refractivity contribution in [2.45, 2.75) is 0 Å². The Morgan fingerprint density at radius 3 is 2.33 bits per heavy atom. The molecule has 0 aliphatic rings. The van der Waals surface area contributed by atoms with Gasteiger partial charge in [-0.05, 0) is 12.1 Å². The second kappa shape index (κ2) is 6.53. The monoisotopic (exact) mass is 295 g/mol. The number of aliphatic carboxylic acids is 1. The lowest BCUT2D eigenvalue weighted by atomic mass is 10.3. The number of hydrogen-bond donors (Lipinski definition) is 2. The molecule has 0 bridgehead atoms. The SMILES string of the molecule is O=C(O)COCC(=O)Nc1c(Cl)cc(F)cc1Cl. The van der Waals surface area contributed by atoms with Crippen LogP contribution in [0.3, 0.4) is 0 Å². The lowest BCUT2D eigenvalue weighted by Crippen LogP contribution is -2.21. The topological polar surface area (TPSA) is 75.6 Å². The van der Waals surface area contributed by atoms with Gasteiger partial charge in [0.05, 0.1) is 15.7 Å². The highest BCUT2D eigenvalue weighted by Gasteiger charge is 2.12. The zero-order valence-corrected chi connectivity index (χ0v) is 10.4. The molecule has 0 unspecified atom stereocenters. The fourth-order valence-electron chi connectivity index (χ4n) is 1.07. The maximum atomic E-state index is 12.9. The van der Waals surface area contributed by atoms with Crippen molar-refractivity contribution in [3.63, 3.8) is 0 Å². The number of benzene rings is 1. The average molecular weight is 296 g/mol. The van der Waals surface area contributed by atoms with Gasteiger partial charge in [-0.15, -0.1) is 0 Å². The smallest absolute Gasteiger partial charge is 0.329 e. The molecule has 2 N–H and O–H groups in total. The number of halogens is 3. The van der Waals surface area contributed by atoms with E-state index in [4.69, 9.17) is 28.3 Å². The standard InChI is InChI=1S/C10H8Cl2FNO4/c11-6-1-5(13)2-7(12)10(6)14-8(15)3-18-4-9(16)17/h1-2H,3-4H2,(H,14,15)(H,16,17). The molecule has 0 aromatic heterocycles. The van der Waals surface area contributed by atoms with Gasteiger partial charge in [0.1, 0.15) is 19.0 Å². The molecule has 0 fully saturated rings. The van der Waals surface area contributed by atoms with Crippen LogP contribution in [-0.4, -0.2) is 30.2 Å². The van der Waals surface area contributed by atoms with Crippen LogP contribution in [0.1, 0.15) is 0 Å². The summed E-state index contributed by atoms with van der Waals surface area (Å²) in [5, 5.41) is 10.5. The van der Waals surface area contributed by atoms with Crippen LogP contribution in [0, 0.1) is 5.82 Å². The Kier molecular flexibility index (Phi) is 5.33. The normalized spacial score (nSPS) is 10.2. The molecule has 0 heterocycles. The second-order valence-electron chi connectivity index (χ2n) is 3.18. The van der Waals surface area contributed by atoms with Crippen molar-refractivity contribution >= 4 is 40.8 Å². The number of amides is 1. The van der Waals surface area contributed by atoms with E-state index < -0.39 is 30.9 Å². The third-order valence-corrected chi connectivity index (χ3v) is 2.33. The predicted molar refractivity (Wildman–Crippen MR) is 63.5 cm³/mol. The highest BCUT2D eigenvalue weighted by atomic mass is 35.5. The number of ether oxygens (including phenoxy) is 1. The molecule has 0 aliphatic heterocycles. The van der Waals surface area contributed by atoms with E-state index in [1.54, 1.807) is 0 Å². The lowest BCUT2D eigenvalue weighted by molar-refractivity contribution is -0.143. The minimum Gasteiger partial charge on any atom is -0.480 e. The summed E-state index contributed by atoms with van der Waals surface area (Å²) in [6.45, 7) is -1.07. The molecule has 0 spiro atoms. The molecule has 0 radical (unpaired) electrons. The molecule has 1 rings (SSSR count). The first-order chi connectivity index (χ1) is 8.40. The van der Waals surface area contributed by atoms with Crippen molar-refractivity contribution in [1.29, 1.82) is 0 Å². The fraction of sp³-hybridized carbons (Fsp3) is 0.200. The summed E-state index contributed by atoms with van der Waals surface area (Å²) in [6.07, 6.45) is 0. The van der Waals surface area contributed by atoms with Gasteiger partial charge >= 0.3 is 5.97 Å². The Morgan fingerprint density at radius 1 is 1.28 bits per heavy atom. The molecule has 5 nitrogen and oxygen atoms in total. The Morgan fingerprint density at radius 2 is 1.83 bits per heavy atom. The first-order valence-electron chi connectivity index (χ1n) is 4.64. The molecular weight excluding hydrogens is 288 g/mol. The summed E-state index contributed by atoms with van der Waals surface area (Å²) in [7, 11) is 0. The summed E-state index contributed by atoms with van der Waals surface area (Å²) in [5.41, 5.74) is 0.0451. The second-order valence-corrected chi connectivity index (χ2v) is 3.99. The molecule has 0 aliphatic carbocycles. The number of carboxylic acids is 1. The molecule has 8 heteroatoms. The third-order valence-electron chi connectivity index (χ3n) is 1.73. The van der Waals surface area contributed by atoms with Crippen LogP contribution in [0.2, 0.25) is 10.0 Å². The van der Waals surface area contributed by atoms with Crippen molar-refractivity contribution in [3.05, 3.63) is 28.0 Å². The molecule has 0 atom stereocenters. The molecule has 1 aromatic rings. The van der Waals surface area contributed by atoms with Crippen molar-refractivity contribution in [3.8, 4) is 0 Å². The Bertz CT molecular complexity index is 458. The van der Waals surface area contributed by atoms with Gasteiger partial charge in [-0.3, -0.25) is 4.79 Å². The number of carbonyl (C=O) groups excluding carboxylic acids is 1. The van der Waals surface area contributed by atoms with Gasteiger partial charge in [-0.1, -0.05) is 23.2 Å². The Hall–Kier alpha value is -1.37. The highest BCUT2D eigenvalue weighted by Crippen LogP contribution is 2.31. The number of carboxylic acid groups (broad SMARTS) is 1. The first kappa shape index (κ1) is 14.7. The van der Waals surface area contributed by atoms with E-state index >= 15 is 0 Å². The number of nitrogens with one attached hydrogen (secondary N) is 1. The average Bonchev–Trinajstić information content (AvgIpc) is 2.22. The molecule has 98 valence electrons. The van der Waals surface area contributed by atoms with E-state index in [0.29, 0.717) is 0 Å². The molecule has 0 saturated carbocycles. The lowest BCUT2D eigenvalue weighted by Gasteiger charge is -2.09. The Balaban J connectivity index is 2.62. The number of hydrogen-bond acceptors (Lipinski definition) is 3. The molecule has 1 amide bonds. The summed E-state index contributed by atoms with van der Waals surface area (Å²) in [6, 6.07) is 1.97. The van der Waals surface area contributed by atoms with E-state index in [2.05, 4.69) is 10.1 Å². The van der Waals surface area contributed by atoms with Crippen LogP contribution in [0.25, 0.3) is 0 Å². The predicted octanol–water partition coefficient (Wildman–Crippen LogP) is 2.17. The molecular formula is C10H8Cl2FNO4. The van der Waals surface area contributed by atoms with Crippen LogP contribution in [-0.2, 0) is 14.3 Å². The highest BCUT2D eigenvalue weighted by molar-refractivity contribution is 6.39. The quantitative estimate of drug-likeness (QED) is 0.873. The van der Waals surface area contributed by atoms with Gasteiger partial charge in [0.15, 0.2) is 0 Å². The van der Waals surface area contributed by atoms with E-state index in [0.717, 1.165) is 12.1 Å². The largest absolute Gasteiger partial charge is 0.480 e. The summed E-state index contributed by atoms with van der Waals surface area (Å²) >= 11 is 11.4. The third kappa shape index (κ3) is 4.48. The van der Waals surface area contributed by atoms with Crippen molar-refractivity contribution in [2.75, 3.05) is 18.5 Å². The first-order valence-corrected chi connectivity index (χ1v) is 5.39. The van der Waals surface area contributed by atoms with Crippen LogP contribution in [0.15, 0.2) is 12.1 Å². The minimum absolute atomic E-state index is 0.0451. The van der Waals surface area contributed by atoms with Crippen molar-refractivity contribution < 1.29 is 23.8 Å². The van der Waals surface area contributed by atoms with Gasteiger partial charge in [0.2, 0.25) is 5.91 Å². The summed E-state index contributed by atoms with van der Waals surface area (Å²) in [5.74, 6) is -2.47. The maximum Gasteiger partial charge on any atom is 0.329 e. The maximum absolute atomic E-state index is 12.9. The molecule has 0 saturated heterocycles. The van der Waals surface area contributed by atoms with E-state index in [1.807, 2.05) is 0 Å². The summed E-state index contributed by atoms with van der Waals surface area (Å²) < 4.78 is 17.4. The zero-order valence-electron chi connectivity index (χ0n) is 8.87. The van der Waals surface area contributed by atoms with E-state index in [-0.39, 0.29) is 15.7 Å². The van der Waals surface area contributed by atoms with Gasteiger partial charge < -0.3 is 15.2 Å². The van der Waals surface area contributed by atoms with E-state index in [1.165, 1.54) is 0 Å². The van der Waals surface area contributed by atoms with Gasteiger partial charge in [-0.2, -0.15) is 0 Å². The van der Waals surface area contributed by atoms with Crippen molar-refractivity contribution in [2.24, 2.45) is 0 Å². The number of anilines is 1. The van der Waals surface area contributed by atoms with Crippen molar-refractivity contribution in [1.82, 2.24) is 0 Å². The van der Waals surface area contributed by atoms with Crippen LogP contribution in [0.5, 0.6) is 0 Å². The van der Waals surface area contributed by atoms with Crippen LogP contribution in [0.4, 0.5) is 10.1 Å². The number of rotatable bonds is 5. The summed E-state index contributed by atoms with van der Waals surface area (Å²) in [4.78, 5) is 21.5. The van der Waals surface area contributed by atoms with Gasteiger partial charge in [0, 0.05) is 0 Å². The minimum atomic E-state index is -1.19. The van der Waals surface area contributed by atoms with E-state index in [9.17, 15) is 14.0 Å². The molecule has 18 heavy (non-hydrogen) atoms. The number of carbonyl (C=O) groups is 2. The zero-order chi connectivity index (χ0) is 13.7. The molecule has 1 aromatic carbocycles. The van der Waals surface area contributed by atoms with Crippen LogP contribution < -0.4 is 5.32 Å². The fourth-order valence-corrected chi connectivity index (χ4v) is 1.62. The van der Waals surface area contributed by atoms with Gasteiger partial charge in [0.25, 0.3) is 0 Å². The van der Waals surface area contributed by atoms with Gasteiger partial charge in [-0.25, -0.2) is 9.18 Å². The Labute approximate surface area is 111 Å². The van der Waals surface area contributed by atoms with Crippen LogP contribution >= 0.6 is 23.2 Å².